The number of aromatic nitrogens is 4. The molecule has 2 aliphatic rings. The van der Waals surface area contributed by atoms with Crippen molar-refractivity contribution >= 4 is 11.8 Å². The summed E-state index contributed by atoms with van der Waals surface area (Å²) < 4.78 is 2.03. The maximum Gasteiger partial charge on any atom is 0.209 e. The van der Waals surface area contributed by atoms with Crippen LogP contribution in [-0.4, -0.2) is 38.0 Å². The summed E-state index contributed by atoms with van der Waals surface area (Å²) in [6.45, 7) is 3.34. The van der Waals surface area contributed by atoms with Crippen LogP contribution in [0.5, 0.6) is 0 Å². The molecule has 0 radical (unpaired) electrons. The lowest BCUT2D eigenvalue weighted by atomic mass is 10.2. The molecule has 1 heterocycles. The Balaban J connectivity index is 1.62. The molecule has 0 bridgehead atoms. The van der Waals surface area contributed by atoms with Gasteiger partial charge in [-0.3, -0.25) is 0 Å². The highest BCUT2D eigenvalue weighted by Crippen LogP contribution is 2.39. The number of hydrogen-bond donors (Lipinski definition) is 1. The first-order valence-electron chi connectivity index (χ1n) is 7.06. The van der Waals surface area contributed by atoms with Gasteiger partial charge in [-0.05, 0) is 49.1 Å². The van der Waals surface area contributed by atoms with Crippen LogP contribution in [0.25, 0.3) is 0 Å². The van der Waals surface area contributed by atoms with Crippen LogP contribution in [0.15, 0.2) is 5.16 Å². The monoisotopic (exact) mass is 267 g/mol. The van der Waals surface area contributed by atoms with Crippen LogP contribution in [0.4, 0.5) is 0 Å². The van der Waals surface area contributed by atoms with Crippen LogP contribution in [0.2, 0.25) is 0 Å². The van der Waals surface area contributed by atoms with Gasteiger partial charge in [0.05, 0.1) is 6.04 Å². The average molecular weight is 267 g/mol. The molecule has 0 aliphatic heterocycles. The van der Waals surface area contributed by atoms with E-state index in [2.05, 4.69) is 27.8 Å². The zero-order chi connectivity index (χ0) is 12.4. The van der Waals surface area contributed by atoms with Gasteiger partial charge in [-0.25, -0.2) is 4.68 Å². The molecule has 0 amide bonds. The van der Waals surface area contributed by atoms with Crippen molar-refractivity contribution in [3.63, 3.8) is 0 Å². The summed E-state index contributed by atoms with van der Waals surface area (Å²) >= 11 is 1.88. The second-order valence-electron chi connectivity index (χ2n) is 5.29. The van der Waals surface area contributed by atoms with Crippen LogP contribution in [0.3, 0.4) is 0 Å². The number of nitrogens with one attached hydrogen (secondary N) is 1. The molecule has 2 atom stereocenters. The molecule has 2 fully saturated rings. The Labute approximate surface area is 112 Å². The molecule has 0 aromatic carbocycles. The van der Waals surface area contributed by atoms with Gasteiger partial charge < -0.3 is 5.32 Å². The molecule has 1 aromatic rings. The summed E-state index contributed by atoms with van der Waals surface area (Å²) in [5.74, 6) is 0. The van der Waals surface area contributed by atoms with Crippen LogP contribution >= 0.6 is 11.8 Å². The van der Waals surface area contributed by atoms with Gasteiger partial charge in [-0.2, -0.15) is 0 Å². The molecule has 3 rings (SSSR count). The van der Waals surface area contributed by atoms with E-state index in [1.54, 1.807) is 0 Å². The van der Waals surface area contributed by atoms with Crippen molar-refractivity contribution in [2.24, 2.45) is 0 Å². The van der Waals surface area contributed by atoms with E-state index in [4.69, 9.17) is 0 Å². The van der Waals surface area contributed by atoms with E-state index in [0.29, 0.717) is 17.3 Å². The van der Waals surface area contributed by atoms with E-state index >= 15 is 0 Å². The van der Waals surface area contributed by atoms with Gasteiger partial charge in [0.1, 0.15) is 0 Å². The van der Waals surface area contributed by atoms with E-state index in [0.717, 1.165) is 11.7 Å². The largest absolute Gasteiger partial charge is 0.313 e. The maximum atomic E-state index is 4.19. The fraction of sp³-hybridized carbons (Fsp3) is 0.917. The Hall–Kier alpha value is -0.620. The number of hydrogen-bond acceptors (Lipinski definition) is 5. The van der Waals surface area contributed by atoms with Gasteiger partial charge in [0.2, 0.25) is 5.16 Å². The van der Waals surface area contributed by atoms with E-state index < -0.39 is 0 Å². The third-order valence-corrected chi connectivity index (χ3v) is 5.07. The Morgan fingerprint density at radius 2 is 2.22 bits per heavy atom. The van der Waals surface area contributed by atoms with Gasteiger partial charge in [-0.1, -0.05) is 25.1 Å². The minimum atomic E-state index is 0.575. The molecule has 2 saturated carbocycles. The quantitative estimate of drug-likeness (QED) is 0.854. The molecule has 5 nitrogen and oxygen atoms in total. The number of nitrogens with zero attached hydrogens (tertiary/aromatic N) is 4. The lowest BCUT2D eigenvalue weighted by Crippen LogP contribution is -2.34. The standard InChI is InChI=1S/C12H21N5S/c1-2-8-13-10-4-3-5-11(10)18-12-14-15-16-17(12)9-6-7-9/h9-11,13H,2-8H2,1H3. The molecule has 2 aliphatic carbocycles. The third-order valence-electron chi connectivity index (χ3n) is 3.72. The SMILES string of the molecule is CCCNC1CCCC1Sc1nnnn1C1CC1. The second kappa shape index (κ2) is 5.57. The first-order valence-corrected chi connectivity index (χ1v) is 7.94. The zero-order valence-corrected chi connectivity index (χ0v) is 11.7. The van der Waals surface area contributed by atoms with Gasteiger partial charge in [-0.15, -0.1) is 5.10 Å². The Morgan fingerprint density at radius 3 is 3.00 bits per heavy atom. The van der Waals surface area contributed by atoms with Crippen molar-refractivity contribution in [3.05, 3.63) is 0 Å². The lowest BCUT2D eigenvalue weighted by Gasteiger charge is -2.19. The van der Waals surface area contributed by atoms with E-state index in [1.807, 2.05) is 16.4 Å². The number of thioether (sulfide) groups is 1. The van der Waals surface area contributed by atoms with Gasteiger partial charge >= 0.3 is 0 Å². The van der Waals surface area contributed by atoms with Gasteiger partial charge in [0, 0.05) is 11.3 Å². The molecule has 6 heteroatoms. The molecule has 100 valence electrons. The average Bonchev–Trinajstić information content (AvgIpc) is 2.96. The maximum absolute atomic E-state index is 4.19. The van der Waals surface area contributed by atoms with Crippen LogP contribution < -0.4 is 5.32 Å². The minimum absolute atomic E-state index is 0.575. The first kappa shape index (κ1) is 12.4. The van der Waals surface area contributed by atoms with Gasteiger partial charge in [0.15, 0.2) is 0 Å². The summed E-state index contributed by atoms with van der Waals surface area (Å²) in [4.78, 5) is 0. The fourth-order valence-electron chi connectivity index (χ4n) is 2.58. The second-order valence-corrected chi connectivity index (χ2v) is 6.49. The molecule has 1 N–H and O–H groups in total. The summed E-state index contributed by atoms with van der Waals surface area (Å²) in [7, 11) is 0. The zero-order valence-electron chi connectivity index (χ0n) is 10.9. The molecule has 2 unspecified atom stereocenters. The molecule has 0 saturated heterocycles. The van der Waals surface area contributed by atoms with Crippen molar-refractivity contribution in [3.8, 4) is 0 Å². The molecule has 1 aromatic heterocycles. The highest BCUT2D eigenvalue weighted by molar-refractivity contribution is 7.99. The van der Waals surface area contributed by atoms with Crippen molar-refractivity contribution in [1.82, 2.24) is 25.5 Å². The Kier molecular flexibility index (Phi) is 3.84. The summed E-state index contributed by atoms with van der Waals surface area (Å²) in [5.41, 5.74) is 0. The normalized spacial score (nSPS) is 27.8. The number of rotatable bonds is 6. The van der Waals surface area contributed by atoms with Crippen LogP contribution in [0, 0.1) is 0 Å². The topological polar surface area (TPSA) is 55.6 Å². The molecular weight excluding hydrogens is 246 g/mol. The highest BCUT2D eigenvalue weighted by Gasteiger charge is 2.32. The summed E-state index contributed by atoms with van der Waals surface area (Å²) in [6, 6.07) is 1.21. The Morgan fingerprint density at radius 1 is 1.33 bits per heavy atom. The van der Waals surface area contributed by atoms with Crippen molar-refractivity contribution in [1.29, 1.82) is 0 Å². The van der Waals surface area contributed by atoms with Crippen LogP contribution in [0.1, 0.15) is 51.5 Å². The first-order chi connectivity index (χ1) is 8.88. The predicted octanol–water partition coefficient (Wildman–Crippen LogP) is 2.02. The summed E-state index contributed by atoms with van der Waals surface area (Å²) in [5, 5.41) is 17.5. The highest BCUT2D eigenvalue weighted by atomic mass is 32.2. The van der Waals surface area contributed by atoms with Crippen LogP contribution in [-0.2, 0) is 0 Å². The summed E-state index contributed by atoms with van der Waals surface area (Å²) in [6.07, 6.45) is 7.57. The minimum Gasteiger partial charge on any atom is -0.313 e. The predicted molar refractivity (Wildman–Crippen MR) is 71.7 cm³/mol. The lowest BCUT2D eigenvalue weighted by molar-refractivity contribution is 0.526. The van der Waals surface area contributed by atoms with E-state index in [-0.39, 0.29) is 0 Å². The van der Waals surface area contributed by atoms with Gasteiger partial charge in [0.25, 0.3) is 0 Å². The number of tetrazole rings is 1. The smallest absolute Gasteiger partial charge is 0.209 e. The fourth-order valence-corrected chi connectivity index (χ4v) is 3.91. The molecular formula is C12H21N5S. The van der Waals surface area contributed by atoms with Crippen molar-refractivity contribution in [2.45, 2.75) is 67.9 Å². The van der Waals surface area contributed by atoms with E-state index in [1.165, 1.54) is 38.5 Å². The van der Waals surface area contributed by atoms with Crippen molar-refractivity contribution in [2.75, 3.05) is 6.54 Å². The van der Waals surface area contributed by atoms with E-state index in [9.17, 15) is 0 Å². The third kappa shape index (κ3) is 2.69. The van der Waals surface area contributed by atoms with Crippen molar-refractivity contribution < 1.29 is 0 Å². The molecule has 0 spiro atoms. The Bertz CT molecular complexity index is 390. The molecule has 18 heavy (non-hydrogen) atoms.